The van der Waals surface area contributed by atoms with Crippen molar-refractivity contribution in [2.75, 3.05) is 6.54 Å². The van der Waals surface area contributed by atoms with Gasteiger partial charge in [0.2, 0.25) is 5.91 Å². The number of aliphatic hydroxyl groups is 1. The Kier molecular flexibility index (Phi) is 8.06. The Labute approximate surface area is 142 Å². The zero-order valence-electron chi connectivity index (χ0n) is 13.8. The molecule has 1 aromatic carbocycles. The van der Waals surface area contributed by atoms with E-state index in [9.17, 15) is 14.7 Å². The molecule has 0 radical (unpaired) electrons. The monoisotopic (exact) mass is 340 g/mol. The first kappa shape index (κ1) is 19.5. The fraction of sp³-hybridized carbons (Fsp3) is 0.529. The average Bonchev–Trinajstić information content (AvgIpc) is 2.51. The first-order valence-electron chi connectivity index (χ1n) is 7.87. The van der Waals surface area contributed by atoms with Crippen LogP contribution in [0, 0.1) is 5.92 Å². The number of aliphatic hydroxyl groups excluding tert-OH is 1. The predicted octanol–water partition coefficient (Wildman–Crippen LogP) is 2.37. The zero-order chi connectivity index (χ0) is 17.4. The predicted molar refractivity (Wildman–Crippen MR) is 91.5 cm³/mol. The smallest absolute Gasteiger partial charge is 0.251 e. The number of hydrogen-bond acceptors (Lipinski definition) is 3. The Morgan fingerprint density at radius 3 is 2.35 bits per heavy atom. The number of halogens is 1. The van der Waals surface area contributed by atoms with Crippen LogP contribution in [0.25, 0.3) is 0 Å². The van der Waals surface area contributed by atoms with E-state index in [4.69, 9.17) is 11.6 Å². The van der Waals surface area contributed by atoms with Gasteiger partial charge in [-0.3, -0.25) is 9.59 Å². The molecule has 0 aliphatic heterocycles. The van der Waals surface area contributed by atoms with Crippen LogP contribution in [0.15, 0.2) is 24.3 Å². The first-order chi connectivity index (χ1) is 10.8. The third kappa shape index (κ3) is 6.59. The number of carbonyl (C=O) groups excluding carboxylic acids is 2. The molecule has 0 spiro atoms. The van der Waals surface area contributed by atoms with Crippen molar-refractivity contribution in [1.82, 2.24) is 10.6 Å². The molecular formula is C17H25ClN2O3. The second kappa shape index (κ2) is 9.53. The molecule has 3 atom stereocenters. The molecule has 0 fully saturated rings. The molecule has 23 heavy (non-hydrogen) atoms. The van der Waals surface area contributed by atoms with E-state index in [1.165, 1.54) is 0 Å². The van der Waals surface area contributed by atoms with Gasteiger partial charge in [-0.05, 0) is 43.5 Å². The van der Waals surface area contributed by atoms with Crippen molar-refractivity contribution >= 4 is 23.4 Å². The lowest BCUT2D eigenvalue weighted by atomic mass is 9.97. The van der Waals surface area contributed by atoms with Crippen molar-refractivity contribution in [3.05, 3.63) is 34.9 Å². The first-order valence-corrected chi connectivity index (χ1v) is 8.25. The summed E-state index contributed by atoms with van der Waals surface area (Å²) in [4.78, 5) is 24.6. The lowest BCUT2D eigenvalue weighted by molar-refractivity contribution is -0.124. The normalized spacial score (nSPS) is 14.7. The van der Waals surface area contributed by atoms with E-state index in [2.05, 4.69) is 10.6 Å². The van der Waals surface area contributed by atoms with Gasteiger partial charge in [0, 0.05) is 17.1 Å². The minimum absolute atomic E-state index is 0.00204. The topological polar surface area (TPSA) is 78.4 Å². The van der Waals surface area contributed by atoms with Gasteiger partial charge >= 0.3 is 0 Å². The number of hydrogen-bond donors (Lipinski definition) is 3. The molecule has 5 nitrogen and oxygen atoms in total. The Morgan fingerprint density at radius 2 is 1.83 bits per heavy atom. The fourth-order valence-corrected chi connectivity index (χ4v) is 2.17. The van der Waals surface area contributed by atoms with Crippen LogP contribution in [0.1, 0.15) is 44.0 Å². The molecule has 0 aliphatic carbocycles. The molecule has 6 heteroatoms. The molecule has 3 unspecified atom stereocenters. The van der Waals surface area contributed by atoms with Gasteiger partial charge in [-0.1, -0.05) is 31.9 Å². The van der Waals surface area contributed by atoms with E-state index in [0.717, 1.165) is 6.42 Å². The summed E-state index contributed by atoms with van der Waals surface area (Å²) < 4.78 is 0. The second-order valence-electron chi connectivity index (χ2n) is 5.77. The molecule has 0 saturated carbocycles. The Balaban J connectivity index is 2.72. The molecule has 2 amide bonds. The third-order valence-electron chi connectivity index (χ3n) is 3.75. The van der Waals surface area contributed by atoms with Gasteiger partial charge in [0.05, 0.1) is 6.10 Å². The Hall–Kier alpha value is -1.59. The molecular weight excluding hydrogens is 316 g/mol. The molecule has 1 rings (SSSR count). The van der Waals surface area contributed by atoms with Gasteiger partial charge < -0.3 is 15.7 Å². The molecule has 1 aromatic rings. The molecule has 128 valence electrons. The number of rotatable bonds is 8. The van der Waals surface area contributed by atoms with Crippen LogP contribution < -0.4 is 10.6 Å². The standard InChI is InChI=1S/C17H25ClN2O3/c1-4-11(2)15(17(23)19-10-9-12(3)21)20-16(22)13-5-7-14(18)8-6-13/h5-8,11-12,15,21H,4,9-10H2,1-3H3,(H,19,23)(H,20,22). The summed E-state index contributed by atoms with van der Waals surface area (Å²) in [6.07, 6.45) is 0.764. The van der Waals surface area contributed by atoms with E-state index in [1.54, 1.807) is 31.2 Å². The largest absolute Gasteiger partial charge is 0.393 e. The summed E-state index contributed by atoms with van der Waals surface area (Å²) in [6, 6.07) is 5.90. The molecule has 0 aromatic heterocycles. The number of nitrogens with one attached hydrogen (secondary N) is 2. The lowest BCUT2D eigenvalue weighted by Gasteiger charge is -2.23. The summed E-state index contributed by atoms with van der Waals surface area (Å²) in [5.41, 5.74) is 0.458. The van der Waals surface area contributed by atoms with Crippen molar-refractivity contribution < 1.29 is 14.7 Å². The van der Waals surface area contributed by atoms with Gasteiger partial charge in [0.15, 0.2) is 0 Å². The number of amides is 2. The van der Waals surface area contributed by atoms with Gasteiger partial charge in [0.1, 0.15) is 6.04 Å². The van der Waals surface area contributed by atoms with Crippen LogP contribution in [0.2, 0.25) is 5.02 Å². The van der Waals surface area contributed by atoms with Gasteiger partial charge in [0.25, 0.3) is 5.91 Å². The van der Waals surface area contributed by atoms with Gasteiger partial charge in [-0.15, -0.1) is 0 Å². The summed E-state index contributed by atoms with van der Waals surface area (Å²) in [5, 5.41) is 15.3. The quantitative estimate of drug-likeness (QED) is 0.679. The summed E-state index contributed by atoms with van der Waals surface area (Å²) >= 11 is 5.81. The molecule has 0 saturated heterocycles. The van der Waals surface area contributed by atoms with Crippen LogP contribution in [-0.2, 0) is 4.79 Å². The lowest BCUT2D eigenvalue weighted by Crippen LogP contribution is -2.50. The minimum atomic E-state index is -0.614. The maximum Gasteiger partial charge on any atom is 0.251 e. The highest BCUT2D eigenvalue weighted by molar-refractivity contribution is 6.30. The van der Waals surface area contributed by atoms with Crippen LogP contribution in [0.3, 0.4) is 0 Å². The van der Waals surface area contributed by atoms with E-state index >= 15 is 0 Å². The van der Waals surface area contributed by atoms with Crippen LogP contribution in [0.4, 0.5) is 0 Å². The highest BCUT2D eigenvalue weighted by atomic mass is 35.5. The van der Waals surface area contributed by atoms with Crippen LogP contribution in [-0.4, -0.2) is 35.6 Å². The van der Waals surface area contributed by atoms with Crippen LogP contribution in [0.5, 0.6) is 0 Å². The highest BCUT2D eigenvalue weighted by Crippen LogP contribution is 2.12. The molecule has 3 N–H and O–H groups in total. The summed E-state index contributed by atoms with van der Waals surface area (Å²) in [6.45, 7) is 5.93. The van der Waals surface area contributed by atoms with Crippen molar-refractivity contribution in [3.63, 3.8) is 0 Å². The number of benzene rings is 1. The van der Waals surface area contributed by atoms with Crippen LogP contribution >= 0.6 is 11.6 Å². The number of carbonyl (C=O) groups is 2. The van der Waals surface area contributed by atoms with E-state index in [1.807, 2.05) is 13.8 Å². The maximum absolute atomic E-state index is 12.3. The Morgan fingerprint density at radius 1 is 1.22 bits per heavy atom. The summed E-state index contributed by atoms with van der Waals surface area (Å²) in [5.74, 6) is -0.544. The van der Waals surface area contributed by atoms with E-state index < -0.39 is 12.1 Å². The third-order valence-corrected chi connectivity index (χ3v) is 4.00. The van der Waals surface area contributed by atoms with E-state index in [-0.39, 0.29) is 17.7 Å². The van der Waals surface area contributed by atoms with Crippen molar-refractivity contribution in [2.45, 2.75) is 45.8 Å². The highest BCUT2D eigenvalue weighted by Gasteiger charge is 2.26. The average molecular weight is 341 g/mol. The van der Waals surface area contributed by atoms with Crippen molar-refractivity contribution in [1.29, 1.82) is 0 Å². The van der Waals surface area contributed by atoms with Gasteiger partial charge in [-0.25, -0.2) is 0 Å². The van der Waals surface area contributed by atoms with Gasteiger partial charge in [-0.2, -0.15) is 0 Å². The molecule has 0 aliphatic rings. The minimum Gasteiger partial charge on any atom is -0.393 e. The maximum atomic E-state index is 12.3. The molecule has 0 heterocycles. The zero-order valence-corrected chi connectivity index (χ0v) is 14.6. The Bertz CT molecular complexity index is 517. The SMILES string of the molecule is CCC(C)C(NC(=O)c1ccc(Cl)cc1)C(=O)NCCC(C)O. The second-order valence-corrected chi connectivity index (χ2v) is 6.21. The summed E-state index contributed by atoms with van der Waals surface area (Å²) in [7, 11) is 0. The molecule has 0 bridgehead atoms. The van der Waals surface area contributed by atoms with Crippen molar-refractivity contribution in [2.24, 2.45) is 5.92 Å². The fourth-order valence-electron chi connectivity index (χ4n) is 2.04. The van der Waals surface area contributed by atoms with E-state index in [0.29, 0.717) is 23.6 Å². The van der Waals surface area contributed by atoms with Crippen molar-refractivity contribution in [3.8, 4) is 0 Å².